The Morgan fingerprint density at radius 3 is 2.07 bits per heavy atom. The number of rotatable bonds is 4. The number of Topliss-reactive ketones (excluding diaryl/α,β-unsaturated/α-hetero) is 1. The average molecular weight is 386 g/mol. The molecule has 150 valence electrons. The highest BCUT2D eigenvalue weighted by atomic mass is 16.6. The van der Waals surface area contributed by atoms with Gasteiger partial charge in [-0.3, -0.25) is 4.79 Å². The number of hydrogen-bond acceptors (Lipinski definition) is 6. The largest absolute Gasteiger partial charge is 0.493 e. The van der Waals surface area contributed by atoms with Gasteiger partial charge in [0.2, 0.25) is 11.4 Å². The van der Waals surface area contributed by atoms with Crippen LogP contribution in [0.1, 0.15) is 54.4 Å². The van der Waals surface area contributed by atoms with Crippen molar-refractivity contribution in [1.82, 2.24) is 0 Å². The summed E-state index contributed by atoms with van der Waals surface area (Å²) in [7, 11) is 2.99. The van der Waals surface area contributed by atoms with Crippen LogP contribution >= 0.6 is 0 Å². The minimum atomic E-state index is -2.16. The van der Waals surface area contributed by atoms with E-state index in [-0.39, 0.29) is 6.42 Å². The molecule has 0 radical (unpaired) electrons. The molecule has 0 heterocycles. The molecule has 4 bridgehead atoms. The molecule has 28 heavy (non-hydrogen) atoms. The summed E-state index contributed by atoms with van der Waals surface area (Å²) in [5, 5.41) is 11.1. The number of methoxy groups -OCH3 is 2. The fourth-order valence-electron chi connectivity index (χ4n) is 6.46. The lowest BCUT2D eigenvalue weighted by atomic mass is 9.54. The Bertz CT molecular complexity index is 824. The van der Waals surface area contributed by atoms with E-state index in [2.05, 4.69) is 0 Å². The molecule has 0 aliphatic heterocycles. The van der Waals surface area contributed by atoms with Crippen LogP contribution in [0.4, 0.5) is 0 Å². The monoisotopic (exact) mass is 386 g/mol. The Kier molecular flexibility index (Phi) is 3.83. The van der Waals surface area contributed by atoms with Crippen molar-refractivity contribution in [2.24, 2.45) is 17.8 Å². The fraction of sp³-hybridized carbons (Fsp3) is 0.636. The number of carbonyl (C=O) groups is 2. The molecule has 1 N–H and O–H groups in total. The molecule has 5 aliphatic rings. The normalized spacial score (nSPS) is 37.7. The summed E-state index contributed by atoms with van der Waals surface area (Å²) in [6.07, 6.45) is 6.19. The first-order valence-electron chi connectivity index (χ1n) is 10.1. The van der Waals surface area contributed by atoms with Crippen LogP contribution in [-0.2, 0) is 16.0 Å². The summed E-state index contributed by atoms with van der Waals surface area (Å²) < 4.78 is 16.5. The summed E-state index contributed by atoms with van der Waals surface area (Å²) in [6, 6.07) is 3.19. The van der Waals surface area contributed by atoms with Crippen LogP contribution in [0.5, 0.6) is 11.5 Å². The number of aliphatic hydroxyl groups is 1. The molecule has 1 aromatic carbocycles. The van der Waals surface area contributed by atoms with E-state index in [4.69, 9.17) is 14.2 Å². The molecule has 4 fully saturated rings. The first-order valence-corrected chi connectivity index (χ1v) is 10.1. The van der Waals surface area contributed by atoms with Crippen LogP contribution in [0.25, 0.3) is 0 Å². The highest BCUT2D eigenvalue weighted by molar-refractivity contribution is 6.19. The number of ether oxygens (including phenoxy) is 3. The van der Waals surface area contributed by atoms with Crippen LogP contribution < -0.4 is 9.47 Å². The van der Waals surface area contributed by atoms with Gasteiger partial charge in [-0.15, -0.1) is 0 Å². The van der Waals surface area contributed by atoms with Gasteiger partial charge in [0.05, 0.1) is 14.2 Å². The van der Waals surface area contributed by atoms with E-state index < -0.39 is 23.0 Å². The highest BCUT2D eigenvalue weighted by Crippen LogP contribution is 2.57. The van der Waals surface area contributed by atoms with Gasteiger partial charge in [-0.1, -0.05) is 0 Å². The molecule has 6 heteroatoms. The predicted octanol–water partition coefficient (Wildman–Crippen LogP) is 2.69. The van der Waals surface area contributed by atoms with E-state index in [0.29, 0.717) is 40.4 Å². The fourth-order valence-corrected chi connectivity index (χ4v) is 6.46. The maximum absolute atomic E-state index is 13.1. The third-order valence-corrected chi connectivity index (χ3v) is 7.30. The van der Waals surface area contributed by atoms with Crippen LogP contribution in [0.2, 0.25) is 0 Å². The van der Waals surface area contributed by atoms with Gasteiger partial charge in [0, 0.05) is 12.0 Å². The van der Waals surface area contributed by atoms with Crippen molar-refractivity contribution in [3.63, 3.8) is 0 Å². The Hall–Kier alpha value is -2.08. The van der Waals surface area contributed by atoms with E-state index in [0.717, 1.165) is 19.3 Å². The Balaban J connectivity index is 1.41. The number of ketones is 1. The van der Waals surface area contributed by atoms with Crippen LogP contribution in [0.15, 0.2) is 12.1 Å². The van der Waals surface area contributed by atoms with E-state index >= 15 is 0 Å². The molecular formula is C22H26O6. The lowest BCUT2D eigenvalue weighted by Gasteiger charge is -2.56. The zero-order valence-corrected chi connectivity index (χ0v) is 16.3. The maximum Gasteiger partial charge on any atom is 0.347 e. The van der Waals surface area contributed by atoms with Crippen LogP contribution in [0.3, 0.4) is 0 Å². The van der Waals surface area contributed by atoms with Gasteiger partial charge in [0.15, 0.2) is 11.5 Å². The van der Waals surface area contributed by atoms with Gasteiger partial charge >= 0.3 is 5.97 Å². The predicted molar refractivity (Wildman–Crippen MR) is 99.5 cm³/mol. The Morgan fingerprint density at radius 2 is 1.54 bits per heavy atom. The molecule has 1 atom stereocenters. The first kappa shape index (κ1) is 18.0. The van der Waals surface area contributed by atoms with Crippen molar-refractivity contribution < 1.29 is 28.9 Å². The molecule has 6 rings (SSSR count). The molecule has 0 saturated heterocycles. The molecule has 1 aromatic rings. The summed E-state index contributed by atoms with van der Waals surface area (Å²) >= 11 is 0. The van der Waals surface area contributed by atoms with E-state index in [1.165, 1.54) is 39.5 Å². The van der Waals surface area contributed by atoms with Crippen molar-refractivity contribution >= 4 is 11.8 Å². The van der Waals surface area contributed by atoms with Gasteiger partial charge in [-0.05, 0) is 74.0 Å². The van der Waals surface area contributed by atoms with E-state index in [9.17, 15) is 14.7 Å². The number of carbonyl (C=O) groups excluding carboxylic acids is 2. The molecule has 0 unspecified atom stereocenters. The zero-order chi connectivity index (χ0) is 19.7. The second-order valence-electron chi connectivity index (χ2n) is 9.22. The van der Waals surface area contributed by atoms with Crippen molar-refractivity contribution in [3.8, 4) is 11.5 Å². The Labute approximate surface area is 164 Å². The van der Waals surface area contributed by atoms with Gasteiger partial charge in [-0.2, -0.15) is 0 Å². The van der Waals surface area contributed by atoms with Crippen molar-refractivity contribution in [1.29, 1.82) is 0 Å². The smallest absolute Gasteiger partial charge is 0.347 e. The Morgan fingerprint density at radius 1 is 1.00 bits per heavy atom. The second kappa shape index (κ2) is 5.96. The van der Waals surface area contributed by atoms with Crippen molar-refractivity contribution in [2.45, 2.75) is 56.1 Å². The lowest BCUT2D eigenvalue weighted by Crippen LogP contribution is -2.56. The highest BCUT2D eigenvalue weighted by Gasteiger charge is 2.58. The summed E-state index contributed by atoms with van der Waals surface area (Å²) in [4.78, 5) is 26.1. The maximum atomic E-state index is 13.1. The van der Waals surface area contributed by atoms with E-state index in [1.807, 2.05) is 0 Å². The van der Waals surface area contributed by atoms with Crippen molar-refractivity contribution in [2.75, 3.05) is 14.2 Å². The quantitative estimate of drug-likeness (QED) is 0.633. The number of hydrogen-bond donors (Lipinski definition) is 1. The lowest BCUT2D eigenvalue weighted by molar-refractivity contribution is -0.199. The standard InChI is InChI=1S/C22H26O6/c1-26-17-6-15-11-22(25,19(23)16(15)7-18(17)27-2)20(24)28-21-8-12-3-13(9-21)5-14(4-12)10-21/h6-7,12-14,25H,3-5,8-11H2,1-2H3/t12?,13?,14?,21?,22-/m1/s1. The number of fused-ring (bicyclic) bond motifs is 1. The minimum absolute atomic E-state index is 0.0906. The summed E-state index contributed by atoms with van der Waals surface area (Å²) in [5.41, 5.74) is -1.79. The molecule has 4 saturated carbocycles. The molecule has 0 aromatic heterocycles. The molecule has 0 spiro atoms. The first-order chi connectivity index (χ1) is 13.4. The van der Waals surface area contributed by atoms with Gasteiger partial charge in [0.1, 0.15) is 5.60 Å². The molecule has 6 nitrogen and oxygen atoms in total. The third kappa shape index (κ3) is 2.50. The molecular weight excluding hydrogens is 360 g/mol. The number of benzene rings is 1. The second-order valence-corrected chi connectivity index (χ2v) is 9.22. The number of esters is 1. The van der Waals surface area contributed by atoms with Gasteiger partial charge in [0.25, 0.3) is 0 Å². The minimum Gasteiger partial charge on any atom is -0.493 e. The van der Waals surface area contributed by atoms with Gasteiger partial charge in [-0.25, -0.2) is 4.79 Å². The summed E-state index contributed by atoms with van der Waals surface area (Å²) in [5.74, 6) is 1.28. The SMILES string of the molecule is COc1cc2c(cc1OC)C(=O)[C@@](O)(C(=O)OC13CC4CC(CC(C4)C1)C3)C2. The molecule has 5 aliphatic carbocycles. The van der Waals surface area contributed by atoms with Crippen LogP contribution in [0, 0.1) is 17.8 Å². The zero-order valence-electron chi connectivity index (χ0n) is 16.3. The average Bonchev–Trinajstić information content (AvgIpc) is 2.90. The van der Waals surface area contributed by atoms with Crippen LogP contribution in [-0.4, -0.2) is 42.3 Å². The summed E-state index contributed by atoms with van der Waals surface area (Å²) in [6.45, 7) is 0. The molecule has 0 amide bonds. The van der Waals surface area contributed by atoms with Gasteiger partial charge < -0.3 is 19.3 Å². The third-order valence-electron chi connectivity index (χ3n) is 7.30. The van der Waals surface area contributed by atoms with Crippen molar-refractivity contribution in [3.05, 3.63) is 23.3 Å². The topological polar surface area (TPSA) is 82.1 Å². The van der Waals surface area contributed by atoms with E-state index in [1.54, 1.807) is 6.07 Å².